The van der Waals surface area contributed by atoms with Gasteiger partial charge in [-0.1, -0.05) is 24.3 Å². The Morgan fingerprint density at radius 1 is 1.10 bits per heavy atom. The summed E-state index contributed by atoms with van der Waals surface area (Å²) >= 11 is 0. The Bertz CT molecular complexity index is 724. The number of aromatic nitrogens is 3. The fourth-order valence-corrected chi connectivity index (χ4v) is 1.82. The molecule has 3 aromatic rings. The Balaban J connectivity index is 1.66. The molecule has 0 fully saturated rings. The van der Waals surface area contributed by atoms with E-state index >= 15 is 0 Å². The highest BCUT2D eigenvalue weighted by Gasteiger charge is 2.08. The molecule has 0 aliphatic rings. The van der Waals surface area contributed by atoms with Crippen molar-refractivity contribution < 1.29 is 9.53 Å². The van der Waals surface area contributed by atoms with Gasteiger partial charge < -0.3 is 10.1 Å². The molecule has 2 N–H and O–H groups in total. The number of amides is 1. The van der Waals surface area contributed by atoms with Crippen molar-refractivity contribution in [1.82, 2.24) is 15.4 Å². The first kappa shape index (κ1) is 12.2. The number of benzene rings is 2. The zero-order chi connectivity index (χ0) is 13.8. The van der Waals surface area contributed by atoms with Crippen molar-refractivity contribution in [2.24, 2.45) is 0 Å². The minimum Gasteiger partial charge on any atom is -0.484 e. The number of aromatic amines is 1. The molecular formula is C14H12N4O2. The van der Waals surface area contributed by atoms with Gasteiger partial charge in [-0.25, -0.2) is 0 Å². The van der Waals surface area contributed by atoms with Crippen LogP contribution in [0.5, 0.6) is 5.75 Å². The first-order valence-corrected chi connectivity index (χ1v) is 6.10. The van der Waals surface area contributed by atoms with Gasteiger partial charge in [0.2, 0.25) is 0 Å². The molecule has 6 heteroatoms. The molecule has 0 bridgehead atoms. The average molecular weight is 268 g/mol. The van der Waals surface area contributed by atoms with Gasteiger partial charge in [-0.3, -0.25) is 4.79 Å². The van der Waals surface area contributed by atoms with E-state index in [1.54, 1.807) is 24.3 Å². The van der Waals surface area contributed by atoms with E-state index in [2.05, 4.69) is 20.7 Å². The number of nitrogens with zero attached hydrogens (tertiary/aromatic N) is 2. The fraction of sp³-hybridized carbons (Fsp3) is 0.0714. The number of carbonyl (C=O) groups excluding carboxylic acids is 1. The quantitative estimate of drug-likeness (QED) is 0.758. The molecule has 0 unspecified atom stereocenters. The van der Waals surface area contributed by atoms with Crippen molar-refractivity contribution in [3.63, 3.8) is 0 Å². The molecule has 20 heavy (non-hydrogen) atoms. The van der Waals surface area contributed by atoms with Crippen LogP contribution in [0, 0.1) is 0 Å². The second kappa shape index (κ2) is 5.40. The Morgan fingerprint density at radius 2 is 1.95 bits per heavy atom. The Morgan fingerprint density at radius 3 is 2.80 bits per heavy atom. The van der Waals surface area contributed by atoms with Gasteiger partial charge in [0.15, 0.2) is 6.61 Å². The normalized spacial score (nSPS) is 10.4. The lowest BCUT2D eigenvalue weighted by Gasteiger charge is -2.07. The third-order valence-electron chi connectivity index (χ3n) is 2.73. The maximum absolute atomic E-state index is 11.9. The SMILES string of the molecule is O=C(COc1ccccc1)Nc1cccc2n[nH]nc12. The summed E-state index contributed by atoms with van der Waals surface area (Å²) in [5.74, 6) is 0.409. The van der Waals surface area contributed by atoms with Crippen LogP contribution in [0.4, 0.5) is 5.69 Å². The minimum atomic E-state index is -0.246. The molecule has 1 heterocycles. The van der Waals surface area contributed by atoms with Gasteiger partial charge in [0.1, 0.15) is 16.8 Å². The molecule has 0 saturated heterocycles. The molecule has 1 aromatic heterocycles. The van der Waals surface area contributed by atoms with E-state index in [0.29, 0.717) is 22.5 Å². The highest BCUT2D eigenvalue weighted by atomic mass is 16.5. The molecule has 6 nitrogen and oxygen atoms in total. The lowest BCUT2D eigenvalue weighted by molar-refractivity contribution is -0.118. The van der Waals surface area contributed by atoms with Crippen molar-refractivity contribution in [2.75, 3.05) is 11.9 Å². The molecular weight excluding hydrogens is 256 g/mol. The number of hydrogen-bond acceptors (Lipinski definition) is 4. The van der Waals surface area contributed by atoms with Gasteiger partial charge >= 0.3 is 0 Å². The van der Waals surface area contributed by atoms with Crippen LogP contribution in [0.25, 0.3) is 11.0 Å². The number of nitrogens with one attached hydrogen (secondary N) is 2. The summed E-state index contributed by atoms with van der Waals surface area (Å²) in [5, 5.41) is 13.2. The topological polar surface area (TPSA) is 79.9 Å². The van der Waals surface area contributed by atoms with Crippen LogP contribution >= 0.6 is 0 Å². The summed E-state index contributed by atoms with van der Waals surface area (Å²) in [5.41, 5.74) is 1.94. The first-order valence-electron chi connectivity index (χ1n) is 6.10. The van der Waals surface area contributed by atoms with Crippen molar-refractivity contribution in [3.8, 4) is 5.75 Å². The van der Waals surface area contributed by atoms with E-state index in [1.165, 1.54) is 0 Å². The average Bonchev–Trinajstić information content (AvgIpc) is 2.96. The largest absolute Gasteiger partial charge is 0.484 e. The molecule has 2 aromatic carbocycles. The molecule has 0 atom stereocenters. The van der Waals surface area contributed by atoms with Gasteiger partial charge in [-0.05, 0) is 24.3 Å². The summed E-state index contributed by atoms with van der Waals surface area (Å²) in [6.07, 6.45) is 0. The van der Waals surface area contributed by atoms with Crippen molar-refractivity contribution in [2.45, 2.75) is 0 Å². The summed E-state index contributed by atoms with van der Waals surface area (Å²) < 4.78 is 5.38. The van der Waals surface area contributed by atoms with E-state index in [9.17, 15) is 4.79 Å². The molecule has 0 radical (unpaired) electrons. The Kier molecular flexibility index (Phi) is 3.28. The van der Waals surface area contributed by atoms with E-state index in [0.717, 1.165) is 0 Å². The predicted octanol–water partition coefficient (Wildman–Crippen LogP) is 1.98. The highest BCUT2D eigenvalue weighted by Crippen LogP contribution is 2.18. The van der Waals surface area contributed by atoms with Gasteiger partial charge in [0.05, 0.1) is 5.69 Å². The lowest BCUT2D eigenvalue weighted by atomic mass is 10.2. The number of hydrogen-bond donors (Lipinski definition) is 2. The van der Waals surface area contributed by atoms with Crippen molar-refractivity contribution in [3.05, 3.63) is 48.5 Å². The Hall–Kier alpha value is -2.89. The highest BCUT2D eigenvalue weighted by molar-refractivity contribution is 5.99. The predicted molar refractivity (Wildman–Crippen MR) is 74.5 cm³/mol. The summed E-state index contributed by atoms with van der Waals surface area (Å²) in [6.45, 7) is -0.0573. The Labute approximate surface area is 114 Å². The zero-order valence-corrected chi connectivity index (χ0v) is 10.5. The second-order valence-corrected chi connectivity index (χ2v) is 4.15. The fourth-order valence-electron chi connectivity index (χ4n) is 1.82. The first-order chi connectivity index (χ1) is 9.83. The number of anilines is 1. The van der Waals surface area contributed by atoms with Gasteiger partial charge in [0.25, 0.3) is 5.91 Å². The third-order valence-corrected chi connectivity index (χ3v) is 2.73. The minimum absolute atomic E-state index is 0.0573. The van der Waals surface area contributed by atoms with Crippen LogP contribution in [-0.4, -0.2) is 27.9 Å². The van der Waals surface area contributed by atoms with E-state index in [4.69, 9.17) is 4.74 Å². The van der Waals surface area contributed by atoms with Crippen LogP contribution < -0.4 is 10.1 Å². The summed E-state index contributed by atoms with van der Waals surface area (Å²) in [7, 11) is 0. The standard InChI is InChI=1S/C14H12N4O2/c19-13(9-20-10-5-2-1-3-6-10)15-11-7-4-8-12-14(11)17-18-16-12/h1-8H,9H2,(H,15,19)(H,16,17,18). The lowest BCUT2D eigenvalue weighted by Crippen LogP contribution is -2.20. The van der Waals surface area contributed by atoms with Gasteiger partial charge in [-0.15, -0.1) is 0 Å². The third kappa shape index (κ3) is 2.59. The van der Waals surface area contributed by atoms with Crippen LogP contribution in [-0.2, 0) is 4.79 Å². The van der Waals surface area contributed by atoms with Crippen LogP contribution in [0.2, 0.25) is 0 Å². The van der Waals surface area contributed by atoms with Crippen LogP contribution in [0.1, 0.15) is 0 Å². The van der Waals surface area contributed by atoms with Crippen LogP contribution in [0.15, 0.2) is 48.5 Å². The zero-order valence-electron chi connectivity index (χ0n) is 10.5. The maximum Gasteiger partial charge on any atom is 0.262 e. The number of carbonyl (C=O) groups is 1. The van der Waals surface area contributed by atoms with Crippen LogP contribution in [0.3, 0.4) is 0 Å². The van der Waals surface area contributed by atoms with Gasteiger partial charge in [0, 0.05) is 0 Å². The molecule has 0 saturated carbocycles. The monoisotopic (exact) mass is 268 g/mol. The summed E-state index contributed by atoms with van der Waals surface area (Å²) in [6, 6.07) is 14.6. The molecule has 0 aliphatic carbocycles. The molecule has 100 valence electrons. The maximum atomic E-state index is 11.9. The molecule has 3 rings (SSSR count). The van der Waals surface area contributed by atoms with E-state index < -0.39 is 0 Å². The number of H-pyrrole nitrogens is 1. The van der Waals surface area contributed by atoms with E-state index in [1.807, 2.05) is 24.3 Å². The number of para-hydroxylation sites is 2. The number of ether oxygens (including phenoxy) is 1. The summed E-state index contributed by atoms with van der Waals surface area (Å²) in [4.78, 5) is 11.9. The second-order valence-electron chi connectivity index (χ2n) is 4.15. The molecule has 1 amide bonds. The molecule has 0 aliphatic heterocycles. The van der Waals surface area contributed by atoms with E-state index in [-0.39, 0.29) is 12.5 Å². The van der Waals surface area contributed by atoms with Crippen molar-refractivity contribution >= 4 is 22.6 Å². The number of rotatable bonds is 4. The van der Waals surface area contributed by atoms with Gasteiger partial charge in [-0.2, -0.15) is 15.4 Å². The van der Waals surface area contributed by atoms with Crippen molar-refractivity contribution in [1.29, 1.82) is 0 Å². The smallest absolute Gasteiger partial charge is 0.262 e. The molecule has 0 spiro atoms. The number of fused-ring (bicyclic) bond motifs is 1.